The van der Waals surface area contributed by atoms with Gasteiger partial charge in [-0.2, -0.15) is 0 Å². The molecule has 2 saturated heterocycles. The van der Waals surface area contributed by atoms with Crippen molar-refractivity contribution in [3.05, 3.63) is 120 Å². The van der Waals surface area contributed by atoms with Gasteiger partial charge in [-0.1, -0.05) is 97.1 Å². The van der Waals surface area contributed by atoms with Gasteiger partial charge in [-0.3, -0.25) is 0 Å². The van der Waals surface area contributed by atoms with Crippen LogP contribution >= 0.6 is 0 Å². The van der Waals surface area contributed by atoms with E-state index < -0.39 is 30.9 Å². The first-order chi connectivity index (χ1) is 17.8. The number of hydrogen-bond acceptors (Lipinski definition) is 6. The summed E-state index contributed by atoms with van der Waals surface area (Å²) in [6.07, 6.45) is -1.21. The van der Waals surface area contributed by atoms with Gasteiger partial charge in [-0.15, -0.1) is 6.58 Å². The van der Waals surface area contributed by atoms with Gasteiger partial charge < -0.3 is 28.4 Å². The van der Waals surface area contributed by atoms with Gasteiger partial charge in [0.25, 0.3) is 0 Å². The fraction of sp³-hybridized carbons (Fsp3) is 0.333. The second kappa shape index (κ2) is 12.4. The molecule has 36 heavy (non-hydrogen) atoms. The molecule has 6 heteroatoms. The van der Waals surface area contributed by atoms with E-state index in [0.29, 0.717) is 26.4 Å². The van der Waals surface area contributed by atoms with Crippen molar-refractivity contribution in [2.75, 3.05) is 13.2 Å². The molecule has 0 saturated carbocycles. The Morgan fingerprint density at radius 3 is 1.92 bits per heavy atom. The number of ether oxygens (including phenoxy) is 6. The lowest BCUT2D eigenvalue weighted by Crippen LogP contribution is -2.63. The highest BCUT2D eigenvalue weighted by atomic mass is 16.8. The normalized spacial score (nSPS) is 27.8. The molecule has 0 aliphatic carbocycles. The summed E-state index contributed by atoms with van der Waals surface area (Å²) in [7, 11) is 0. The quantitative estimate of drug-likeness (QED) is 0.366. The second-order valence-electron chi connectivity index (χ2n) is 8.86. The van der Waals surface area contributed by atoms with Crippen molar-refractivity contribution in [3.8, 4) is 0 Å². The number of fused-ring (bicyclic) bond motifs is 1. The largest absolute Gasteiger partial charge is 0.368 e. The van der Waals surface area contributed by atoms with Gasteiger partial charge in [0.15, 0.2) is 12.6 Å². The molecule has 188 valence electrons. The molecular formula is C30H32O6. The Bertz CT molecular complexity index is 1060. The zero-order valence-electron chi connectivity index (χ0n) is 20.2. The summed E-state index contributed by atoms with van der Waals surface area (Å²) in [4.78, 5) is 0. The van der Waals surface area contributed by atoms with Crippen LogP contribution in [-0.2, 0) is 41.6 Å². The maximum Gasteiger partial charge on any atom is 0.187 e. The molecule has 2 heterocycles. The predicted octanol–water partition coefficient (Wildman–Crippen LogP) is 5.20. The van der Waals surface area contributed by atoms with Crippen molar-refractivity contribution in [2.45, 2.75) is 50.2 Å². The molecule has 2 aliphatic rings. The minimum absolute atomic E-state index is 0.326. The molecule has 6 atom stereocenters. The van der Waals surface area contributed by atoms with E-state index >= 15 is 0 Å². The van der Waals surface area contributed by atoms with E-state index in [9.17, 15) is 0 Å². The van der Waals surface area contributed by atoms with E-state index in [2.05, 4.69) is 6.58 Å². The Morgan fingerprint density at radius 2 is 1.31 bits per heavy atom. The summed E-state index contributed by atoms with van der Waals surface area (Å²) in [5.74, 6) is 0. The minimum atomic E-state index is -0.658. The van der Waals surface area contributed by atoms with Crippen molar-refractivity contribution >= 4 is 0 Å². The molecule has 1 unspecified atom stereocenters. The van der Waals surface area contributed by atoms with Crippen LogP contribution in [0.3, 0.4) is 0 Å². The molecule has 3 aromatic rings. The molecular weight excluding hydrogens is 456 g/mol. The van der Waals surface area contributed by atoms with Gasteiger partial charge >= 0.3 is 0 Å². The van der Waals surface area contributed by atoms with Crippen LogP contribution in [0.4, 0.5) is 0 Å². The average molecular weight is 489 g/mol. The van der Waals surface area contributed by atoms with Gasteiger partial charge in [-0.05, 0) is 11.1 Å². The summed E-state index contributed by atoms with van der Waals surface area (Å²) in [5.41, 5.74) is 3.07. The van der Waals surface area contributed by atoms with Crippen LogP contribution < -0.4 is 0 Å². The lowest BCUT2D eigenvalue weighted by Gasteiger charge is -2.48. The highest BCUT2D eigenvalue weighted by Crippen LogP contribution is 2.37. The first kappa shape index (κ1) is 24.8. The van der Waals surface area contributed by atoms with Crippen LogP contribution in [0, 0.1) is 0 Å². The first-order valence-electron chi connectivity index (χ1n) is 12.3. The van der Waals surface area contributed by atoms with E-state index in [1.807, 2.05) is 91.0 Å². The van der Waals surface area contributed by atoms with Crippen molar-refractivity contribution in [3.63, 3.8) is 0 Å². The molecule has 0 spiro atoms. The van der Waals surface area contributed by atoms with Crippen LogP contribution in [0.5, 0.6) is 0 Å². The standard InChI is InChI=1S/C30H32O6/c1-2-18-31-30-28(33-20-23-14-8-4-9-15-23)27(32-19-22-12-6-3-7-13-22)26-25(35-30)21-34-29(36-26)24-16-10-5-11-17-24/h2-17,25-30H,1,18-21H2/t25-,26+,27+,28-,29?,30+/m1/s1. The maximum absolute atomic E-state index is 6.54. The molecule has 0 radical (unpaired) electrons. The predicted molar refractivity (Wildman–Crippen MR) is 135 cm³/mol. The average Bonchev–Trinajstić information content (AvgIpc) is 2.95. The highest BCUT2D eigenvalue weighted by molar-refractivity contribution is 5.17. The van der Waals surface area contributed by atoms with E-state index in [0.717, 1.165) is 16.7 Å². The summed E-state index contributed by atoms with van der Waals surface area (Å²) >= 11 is 0. The van der Waals surface area contributed by atoms with Crippen LogP contribution in [0.25, 0.3) is 0 Å². The third-order valence-electron chi connectivity index (χ3n) is 6.30. The zero-order chi connectivity index (χ0) is 24.6. The molecule has 2 aliphatic heterocycles. The van der Waals surface area contributed by atoms with Crippen LogP contribution in [0.2, 0.25) is 0 Å². The summed E-state index contributed by atoms with van der Waals surface area (Å²) in [6, 6.07) is 30.0. The fourth-order valence-corrected chi connectivity index (χ4v) is 4.52. The Kier molecular flexibility index (Phi) is 8.56. The third kappa shape index (κ3) is 6.10. The van der Waals surface area contributed by atoms with Gasteiger partial charge in [0.05, 0.1) is 26.4 Å². The lowest BCUT2D eigenvalue weighted by molar-refractivity contribution is -0.371. The third-order valence-corrected chi connectivity index (χ3v) is 6.30. The first-order valence-corrected chi connectivity index (χ1v) is 12.3. The van der Waals surface area contributed by atoms with E-state index in [1.54, 1.807) is 6.08 Å². The second-order valence-corrected chi connectivity index (χ2v) is 8.86. The van der Waals surface area contributed by atoms with Gasteiger partial charge in [0.1, 0.15) is 24.4 Å². The topological polar surface area (TPSA) is 55.4 Å². The lowest BCUT2D eigenvalue weighted by atomic mass is 9.97. The van der Waals surface area contributed by atoms with Crippen LogP contribution in [0.1, 0.15) is 23.0 Å². The smallest absolute Gasteiger partial charge is 0.187 e. The Balaban J connectivity index is 1.40. The molecule has 6 nitrogen and oxygen atoms in total. The molecule has 3 aromatic carbocycles. The molecule has 0 N–H and O–H groups in total. The van der Waals surface area contributed by atoms with Crippen molar-refractivity contribution < 1.29 is 28.4 Å². The Morgan fingerprint density at radius 1 is 0.722 bits per heavy atom. The van der Waals surface area contributed by atoms with E-state index in [1.165, 1.54) is 0 Å². The number of rotatable bonds is 10. The SMILES string of the molecule is C=CCO[C@H]1O[C@@H]2COC(c3ccccc3)O[C@@H]2[C@H](OCc2ccccc2)[C@H]1OCc1ccccc1. The van der Waals surface area contributed by atoms with Gasteiger partial charge in [-0.25, -0.2) is 0 Å². The van der Waals surface area contributed by atoms with E-state index in [4.69, 9.17) is 28.4 Å². The summed E-state index contributed by atoms with van der Waals surface area (Å²) < 4.78 is 37.9. The van der Waals surface area contributed by atoms with Gasteiger partial charge in [0, 0.05) is 5.56 Å². The van der Waals surface area contributed by atoms with Crippen molar-refractivity contribution in [1.82, 2.24) is 0 Å². The molecule has 5 rings (SSSR count). The van der Waals surface area contributed by atoms with Crippen LogP contribution in [-0.4, -0.2) is 43.9 Å². The number of hydrogen-bond donors (Lipinski definition) is 0. The molecule has 0 aromatic heterocycles. The van der Waals surface area contributed by atoms with Crippen molar-refractivity contribution in [2.24, 2.45) is 0 Å². The van der Waals surface area contributed by atoms with Crippen molar-refractivity contribution in [1.29, 1.82) is 0 Å². The monoisotopic (exact) mass is 488 g/mol. The van der Waals surface area contributed by atoms with E-state index in [-0.39, 0.29) is 6.10 Å². The molecule has 0 bridgehead atoms. The van der Waals surface area contributed by atoms with Gasteiger partial charge in [0.2, 0.25) is 0 Å². The zero-order valence-corrected chi connectivity index (χ0v) is 20.2. The summed E-state index contributed by atoms with van der Waals surface area (Å²) in [5, 5.41) is 0. The number of benzene rings is 3. The molecule has 2 fully saturated rings. The molecule has 0 amide bonds. The fourth-order valence-electron chi connectivity index (χ4n) is 4.52. The van der Waals surface area contributed by atoms with Crippen LogP contribution in [0.15, 0.2) is 104 Å². The maximum atomic E-state index is 6.54. The Hall–Kier alpha value is -2.84. The summed E-state index contributed by atoms with van der Waals surface area (Å²) in [6.45, 7) is 5.27. The highest BCUT2D eigenvalue weighted by Gasteiger charge is 2.51. The minimum Gasteiger partial charge on any atom is -0.368 e. The Labute approximate surface area is 212 Å².